The number of anilines is 1. The number of methoxy groups -OCH3 is 1. The number of amides is 1. The zero-order valence-corrected chi connectivity index (χ0v) is 20.0. The van der Waals surface area contributed by atoms with Crippen LogP contribution in [0.3, 0.4) is 0 Å². The van der Waals surface area contributed by atoms with Crippen molar-refractivity contribution in [1.29, 1.82) is 0 Å². The molecule has 1 amide bonds. The van der Waals surface area contributed by atoms with Gasteiger partial charge >= 0.3 is 0 Å². The number of halogens is 2. The molecule has 1 aliphatic heterocycles. The van der Waals surface area contributed by atoms with E-state index >= 15 is 0 Å². The molecule has 0 bridgehead atoms. The van der Waals surface area contributed by atoms with Gasteiger partial charge in [-0.3, -0.25) is 9.59 Å². The molecule has 1 aromatic heterocycles. The van der Waals surface area contributed by atoms with Crippen LogP contribution < -0.4 is 14.8 Å². The van der Waals surface area contributed by atoms with Crippen molar-refractivity contribution in [2.75, 3.05) is 12.4 Å². The molecule has 5 rings (SSSR count). The zero-order chi connectivity index (χ0) is 24.9. The van der Waals surface area contributed by atoms with Gasteiger partial charge in [-0.2, -0.15) is 0 Å². The third kappa shape index (κ3) is 3.91. The number of hydrogen-bond acceptors (Lipinski definition) is 5. The average Bonchev–Trinajstić information content (AvgIpc) is 3.16. The number of ketones is 1. The summed E-state index contributed by atoms with van der Waals surface area (Å²) in [7, 11) is 1.49. The third-order valence-electron chi connectivity index (χ3n) is 6.24. The molecule has 35 heavy (non-hydrogen) atoms. The molecule has 1 atom stereocenters. The highest BCUT2D eigenvalue weighted by atomic mass is 35.5. The number of furan rings is 1. The van der Waals surface area contributed by atoms with Crippen molar-refractivity contribution < 1.29 is 27.9 Å². The van der Waals surface area contributed by atoms with E-state index in [1.807, 2.05) is 0 Å². The minimum absolute atomic E-state index is 0.0522. The largest absolute Gasteiger partial charge is 0.495 e. The first-order valence-corrected chi connectivity index (χ1v) is 11.3. The van der Waals surface area contributed by atoms with E-state index in [-0.39, 0.29) is 23.8 Å². The highest BCUT2D eigenvalue weighted by Crippen LogP contribution is 2.44. The van der Waals surface area contributed by atoms with Crippen molar-refractivity contribution in [2.45, 2.75) is 25.9 Å². The molecule has 4 aromatic rings. The predicted octanol–water partition coefficient (Wildman–Crippen LogP) is 6.68. The van der Waals surface area contributed by atoms with Crippen LogP contribution in [-0.4, -0.2) is 18.8 Å². The monoisotopic (exact) mass is 493 g/mol. The molecule has 0 saturated heterocycles. The van der Waals surface area contributed by atoms with Crippen LogP contribution in [0.2, 0.25) is 5.02 Å². The molecule has 6 nitrogen and oxygen atoms in total. The predicted molar refractivity (Wildman–Crippen MR) is 130 cm³/mol. The van der Waals surface area contributed by atoms with E-state index < -0.39 is 11.5 Å². The lowest BCUT2D eigenvalue weighted by molar-refractivity contribution is 0.0507. The van der Waals surface area contributed by atoms with E-state index in [4.69, 9.17) is 25.5 Å². The summed E-state index contributed by atoms with van der Waals surface area (Å²) in [4.78, 5) is 26.5. The Morgan fingerprint density at radius 2 is 1.89 bits per heavy atom. The molecule has 1 unspecified atom stereocenters. The lowest BCUT2D eigenvalue weighted by Gasteiger charge is -2.35. The summed E-state index contributed by atoms with van der Waals surface area (Å²) < 4.78 is 30.8. The van der Waals surface area contributed by atoms with Crippen molar-refractivity contribution in [1.82, 2.24) is 0 Å². The molecule has 1 aliphatic rings. The van der Waals surface area contributed by atoms with Crippen molar-refractivity contribution in [3.63, 3.8) is 0 Å². The van der Waals surface area contributed by atoms with Gasteiger partial charge in [0.1, 0.15) is 28.5 Å². The maximum atomic E-state index is 13.4. The normalized spacial score (nSPS) is 17.1. The lowest BCUT2D eigenvalue weighted by atomic mass is 9.84. The Balaban J connectivity index is 1.54. The maximum absolute atomic E-state index is 13.4. The van der Waals surface area contributed by atoms with Crippen molar-refractivity contribution in [3.05, 3.63) is 87.9 Å². The molecule has 1 N–H and O–H groups in total. The maximum Gasteiger partial charge on any atom is 0.291 e. The summed E-state index contributed by atoms with van der Waals surface area (Å²) in [5.74, 6) is -0.137. The summed E-state index contributed by atoms with van der Waals surface area (Å²) in [5, 5.41) is 3.72. The highest BCUT2D eigenvalue weighted by Gasteiger charge is 2.40. The first-order chi connectivity index (χ1) is 16.7. The van der Waals surface area contributed by atoms with Crippen LogP contribution in [0.15, 0.2) is 59.0 Å². The van der Waals surface area contributed by atoms with E-state index in [0.29, 0.717) is 49.9 Å². The van der Waals surface area contributed by atoms with Crippen LogP contribution in [0.4, 0.5) is 10.1 Å². The lowest BCUT2D eigenvalue weighted by Crippen LogP contribution is -2.36. The first-order valence-electron chi connectivity index (χ1n) is 10.9. The van der Waals surface area contributed by atoms with E-state index in [1.165, 1.54) is 19.2 Å². The molecule has 8 heteroatoms. The number of aryl methyl sites for hydroxylation is 1. The number of rotatable bonds is 4. The van der Waals surface area contributed by atoms with Gasteiger partial charge in [0.05, 0.1) is 24.8 Å². The minimum atomic E-state index is -0.952. The van der Waals surface area contributed by atoms with Gasteiger partial charge in [-0.25, -0.2) is 4.39 Å². The van der Waals surface area contributed by atoms with Crippen LogP contribution >= 0.6 is 11.6 Å². The number of fused-ring (bicyclic) bond motifs is 3. The Morgan fingerprint density at radius 1 is 1.14 bits per heavy atom. The number of benzene rings is 3. The Morgan fingerprint density at radius 3 is 2.60 bits per heavy atom. The zero-order valence-electron chi connectivity index (χ0n) is 19.2. The quantitative estimate of drug-likeness (QED) is 0.343. The number of ether oxygens (including phenoxy) is 2. The SMILES string of the molecule is COc1ccc(Cl)cc1NC(=O)c1oc2ccc3c(c2c1C)C(=O)CC(C)(c1ccc(F)cc1)O3. The second kappa shape index (κ2) is 8.43. The molecule has 0 radical (unpaired) electrons. The van der Waals surface area contributed by atoms with Crippen molar-refractivity contribution in [3.8, 4) is 11.5 Å². The number of nitrogens with one attached hydrogen (secondary N) is 1. The van der Waals surface area contributed by atoms with E-state index in [2.05, 4.69) is 5.32 Å². The van der Waals surface area contributed by atoms with E-state index in [9.17, 15) is 14.0 Å². The third-order valence-corrected chi connectivity index (χ3v) is 6.47. The summed E-state index contributed by atoms with van der Waals surface area (Å²) in [5.41, 5.74) is 1.40. The smallest absolute Gasteiger partial charge is 0.291 e. The van der Waals surface area contributed by atoms with E-state index in [1.54, 1.807) is 56.3 Å². The Hall–Kier alpha value is -3.84. The summed E-state index contributed by atoms with van der Waals surface area (Å²) in [6.07, 6.45) is 0.0522. The van der Waals surface area contributed by atoms with E-state index in [0.717, 1.165) is 0 Å². The Labute approximate surface area is 205 Å². The fourth-order valence-electron chi connectivity index (χ4n) is 4.49. The molecule has 3 aromatic carbocycles. The standard InChI is InChI=1S/C27H21ClFNO5/c1-14-23-21(34-25(14)26(32)30-18-12-16(28)6-9-20(18)33-3)10-11-22-24(23)19(31)13-27(2,35-22)15-4-7-17(29)8-5-15/h4-12H,13H2,1-3H3,(H,30,32). The molecule has 178 valence electrons. The van der Waals surface area contributed by atoms with Gasteiger partial charge in [-0.05, 0) is 61.9 Å². The van der Waals surface area contributed by atoms with Gasteiger partial charge in [0.15, 0.2) is 11.5 Å². The molecule has 2 heterocycles. The number of Topliss-reactive ketones (excluding diaryl/α,β-unsaturated/α-hetero) is 1. The fraction of sp³-hybridized carbons (Fsp3) is 0.185. The van der Waals surface area contributed by atoms with Crippen LogP contribution in [0, 0.1) is 12.7 Å². The molecular formula is C27H21ClFNO5. The van der Waals surface area contributed by atoms with Crippen molar-refractivity contribution in [2.24, 2.45) is 0 Å². The number of carbonyl (C=O) groups excluding carboxylic acids is 2. The summed E-state index contributed by atoms with van der Waals surface area (Å²) in [6, 6.07) is 14.1. The van der Waals surface area contributed by atoms with Crippen LogP contribution in [0.5, 0.6) is 11.5 Å². The topological polar surface area (TPSA) is 77.8 Å². The number of hydrogen-bond donors (Lipinski definition) is 1. The van der Waals surface area contributed by atoms with Crippen LogP contribution in [-0.2, 0) is 5.60 Å². The molecule has 0 spiro atoms. The fourth-order valence-corrected chi connectivity index (χ4v) is 4.67. The Bertz CT molecular complexity index is 1490. The number of carbonyl (C=O) groups is 2. The van der Waals surface area contributed by atoms with Gasteiger partial charge in [-0.1, -0.05) is 23.7 Å². The summed E-state index contributed by atoms with van der Waals surface area (Å²) >= 11 is 6.07. The van der Waals surface area contributed by atoms with Crippen molar-refractivity contribution >= 4 is 39.9 Å². The second-order valence-corrected chi connectivity index (χ2v) is 9.04. The Kier molecular flexibility index (Phi) is 5.52. The molecular weight excluding hydrogens is 473 g/mol. The molecule has 0 aliphatic carbocycles. The second-order valence-electron chi connectivity index (χ2n) is 8.61. The van der Waals surface area contributed by atoms with Gasteiger partial charge in [-0.15, -0.1) is 0 Å². The summed E-state index contributed by atoms with van der Waals surface area (Å²) in [6.45, 7) is 3.52. The molecule has 0 saturated carbocycles. The minimum Gasteiger partial charge on any atom is -0.495 e. The first kappa shape index (κ1) is 22.9. The van der Waals surface area contributed by atoms with Crippen LogP contribution in [0.25, 0.3) is 11.0 Å². The van der Waals surface area contributed by atoms with Gasteiger partial charge in [0.2, 0.25) is 0 Å². The van der Waals surface area contributed by atoms with Crippen LogP contribution in [0.1, 0.15) is 45.4 Å². The van der Waals surface area contributed by atoms with Gasteiger partial charge in [0.25, 0.3) is 5.91 Å². The van der Waals surface area contributed by atoms with Gasteiger partial charge < -0.3 is 19.2 Å². The highest BCUT2D eigenvalue weighted by molar-refractivity contribution is 6.31. The molecule has 0 fully saturated rings. The average molecular weight is 494 g/mol. The van der Waals surface area contributed by atoms with Gasteiger partial charge in [0, 0.05) is 16.0 Å².